The van der Waals surface area contributed by atoms with Gasteiger partial charge in [0, 0.05) is 31.8 Å². The molecule has 0 unspecified atom stereocenters. The second-order valence-corrected chi connectivity index (χ2v) is 6.45. The van der Waals surface area contributed by atoms with Crippen LogP contribution in [0.3, 0.4) is 0 Å². The fraction of sp³-hybridized carbons (Fsp3) is 0.286. The maximum Gasteiger partial charge on any atom is 0.255 e. The highest BCUT2D eigenvalue weighted by molar-refractivity contribution is 5.79. The Bertz CT molecular complexity index is 903. The summed E-state index contributed by atoms with van der Waals surface area (Å²) < 4.78 is 1.71. The first kappa shape index (κ1) is 17.4. The Morgan fingerprint density at radius 1 is 1.08 bits per heavy atom. The Morgan fingerprint density at radius 3 is 2.48 bits per heavy atom. The maximum atomic E-state index is 12.7. The summed E-state index contributed by atoms with van der Waals surface area (Å²) in [5, 5.41) is 10.5. The molecule has 4 nitrogen and oxygen atoms in total. The van der Waals surface area contributed by atoms with Gasteiger partial charge >= 0.3 is 0 Å². The van der Waals surface area contributed by atoms with Gasteiger partial charge in [0.15, 0.2) is 0 Å². The molecule has 0 aliphatic rings. The van der Waals surface area contributed by atoms with E-state index in [0.29, 0.717) is 13.0 Å². The number of hydrogen-bond acceptors (Lipinski definition) is 3. The number of rotatable bonds is 6. The molecule has 1 atom stereocenters. The molecule has 0 fully saturated rings. The minimum Gasteiger partial charge on any atom is -0.396 e. The molecular weight excluding hydrogens is 312 g/mol. The third-order valence-corrected chi connectivity index (χ3v) is 4.75. The van der Waals surface area contributed by atoms with Gasteiger partial charge in [-0.1, -0.05) is 48.5 Å². The summed E-state index contributed by atoms with van der Waals surface area (Å²) in [6.07, 6.45) is 0.633. The fourth-order valence-corrected chi connectivity index (χ4v) is 3.42. The summed E-state index contributed by atoms with van der Waals surface area (Å²) in [6, 6.07) is 20.1. The van der Waals surface area contributed by atoms with Crippen LogP contribution in [0.5, 0.6) is 0 Å². The number of aliphatic hydroxyl groups is 1. The molecule has 0 amide bonds. The second kappa shape index (κ2) is 7.64. The Morgan fingerprint density at radius 2 is 1.76 bits per heavy atom. The monoisotopic (exact) mass is 336 g/mol. The number of aliphatic hydroxyl groups excluding tert-OH is 1. The van der Waals surface area contributed by atoms with Gasteiger partial charge in [0.2, 0.25) is 0 Å². The highest BCUT2D eigenvalue weighted by atomic mass is 16.3. The van der Waals surface area contributed by atoms with Crippen LogP contribution in [-0.2, 0) is 13.6 Å². The number of aromatic nitrogens is 1. The molecule has 130 valence electrons. The van der Waals surface area contributed by atoms with Gasteiger partial charge in [0.05, 0.1) is 5.52 Å². The van der Waals surface area contributed by atoms with Crippen molar-refractivity contribution in [3.63, 3.8) is 0 Å². The van der Waals surface area contributed by atoms with Gasteiger partial charge in [-0.05, 0) is 36.6 Å². The third kappa shape index (κ3) is 3.65. The molecule has 25 heavy (non-hydrogen) atoms. The molecule has 0 aliphatic carbocycles. The molecule has 1 aromatic heterocycles. The van der Waals surface area contributed by atoms with Crippen molar-refractivity contribution < 1.29 is 5.11 Å². The predicted octanol–water partition coefficient (Wildman–Crippen LogP) is 3.09. The molecule has 0 radical (unpaired) electrons. The van der Waals surface area contributed by atoms with E-state index in [9.17, 15) is 9.90 Å². The van der Waals surface area contributed by atoms with Gasteiger partial charge in [-0.15, -0.1) is 0 Å². The molecule has 0 bridgehead atoms. The zero-order valence-corrected chi connectivity index (χ0v) is 14.7. The van der Waals surface area contributed by atoms with Crippen LogP contribution in [-0.4, -0.2) is 28.2 Å². The van der Waals surface area contributed by atoms with Crippen molar-refractivity contribution >= 4 is 10.9 Å². The minimum absolute atomic E-state index is 0.0290. The van der Waals surface area contributed by atoms with Gasteiger partial charge in [-0.3, -0.25) is 9.69 Å². The van der Waals surface area contributed by atoms with E-state index in [1.165, 1.54) is 0 Å². The van der Waals surface area contributed by atoms with Gasteiger partial charge in [0.25, 0.3) is 5.56 Å². The lowest BCUT2D eigenvalue weighted by Gasteiger charge is -2.28. The van der Waals surface area contributed by atoms with Crippen molar-refractivity contribution in [2.24, 2.45) is 7.05 Å². The quantitative estimate of drug-likeness (QED) is 0.752. The van der Waals surface area contributed by atoms with E-state index in [1.54, 1.807) is 4.57 Å². The zero-order chi connectivity index (χ0) is 17.8. The number of aryl methyl sites for hydroxylation is 1. The Balaban J connectivity index is 1.94. The van der Waals surface area contributed by atoms with Crippen LogP contribution >= 0.6 is 0 Å². The predicted molar refractivity (Wildman–Crippen MR) is 102 cm³/mol. The Labute approximate surface area is 148 Å². The van der Waals surface area contributed by atoms with E-state index in [-0.39, 0.29) is 18.2 Å². The largest absolute Gasteiger partial charge is 0.396 e. The van der Waals surface area contributed by atoms with Gasteiger partial charge in [-0.25, -0.2) is 0 Å². The van der Waals surface area contributed by atoms with E-state index in [0.717, 1.165) is 22.0 Å². The molecular formula is C21H24N2O2. The van der Waals surface area contributed by atoms with Crippen LogP contribution in [0.25, 0.3) is 10.9 Å². The lowest BCUT2D eigenvalue weighted by Crippen LogP contribution is -2.30. The van der Waals surface area contributed by atoms with E-state index in [2.05, 4.69) is 17.0 Å². The molecule has 2 aromatic carbocycles. The van der Waals surface area contributed by atoms with Crippen LogP contribution in [0.2, 0.25) is 0 Å². The Hall–Kier alpha value is -2.43. The van der Waals surface area contributed by atoms with Crippen molar-refractivity contribution in [1.29, 1.82) is 0 Å². The molecule has 0 saturated heterocycles. The molecule has 3 aromatic rings. The highest BCUT2D eigenvalue weighted by Crippen LogP contribution is 2.24. The molecule has 1 heterocycles. The SMILES string of the molecule is CN(Cc1cc2ccccc2n(C)c1=O)[C@@H](CCO)c1ccccc1. The maximum absolute atomic E-state index is 12.7. The normalized spacial score (nSPS) is 12.6. The van der Waals surface area contributed by atoms with Gasteiger partial charge < -0.3 is 9.67 Å². The zero-order valence-electron chi connectivity index (χ0n) is 14.7. The molecule has 0 spiro atoms. The second-order valence-electron chi connectivity index (χ2n) is 6.45. The fourth-order valence-electron chi connectivity index (χ4n) is 3.42. The first-order valence-electron chi connectivity index (χ1n) is 8.55. The van der Waals surface area contributed by atoms with Crippen molar-refractivity contribution in [3.8, 4) is 0 Å². The topological polar surface area (TPSA) is 45.5 Å². The number of hydrogen-bond donors (Lipinski definition) is 1. The summed E-state index contributed by atoms with van der Waals surface area (Å²) in [4.78, 5) is 14.9. The smallest absolute Gasteiger partial charge is 0.255 e. The summed E-state index contributed by atoms with van der Waals surface area (Å²) in [7, 11) is 3.82. The number of benzene rings is 2. The average molecular weight is 336 g/mol. The standard InChI is InChI=1S/C21H24N2O2/c1-22(19(12-13-24)16-8-4-3-5-9-16)15-18-14-17-10-6-7-11-20(17)23(2)21(18)25/h3-11,14,19,24H,12-13,15H2,1-2H3/t19-/m0/s1. The van der Waals surface area contributed by atoms with E-state index in [1.807, 2.05) is 62.6 Å². The first-order valence-corrected chi connectivity index (χ1v) is 8.55. The van der Waals surface area contributed by atoms with E-state index < -0.39 is 0 Å². The van der Waals surface area contributed by atoms with Gasteiger partial charge in [-0.2, -0.15) is 0 Å². The highest BCUT2D eigenvalue weighted by Gasteiger charge is 2.18. The van der Waals surface area contributed by atoms with Crippen molar-refractivity contribution in [3.05, 3.63) is 82.1 Å². The third-order valence-electron chi connectivity index (χ3n) is 4.75. The van der Waals surface area contributed by atoms with Crippen LogP contribution in [0.4, 0.5) is 0 Å². The van der Waals surface area contributed by atoms with Crippen LogP contribution in [0.1, 0.15) is 23.6 Å². The van der Waals surface area contributed by atoms with E-state index >= 15 is 0 Å². The lowest BCUT2D eigenvalue weighted by molar-refractivity contribution is 0.179. The molecule has 0 saturated carbocycles. The summed E-state index contributed by atoms with van der Waals surface area (Å²) >= 11 is 0. The number of fused-ring (bicyclic) bond motifs is 1. The average Bonchev–Trinajstić information content (AvgIpc) is 2.64. The van der Waals surface area contributed by atoms with Crippen LogP contribution in [0.15, 0.2) is 65.5 Å². The summed E-state index contributed by atoms with van der Waals surface area (Å²) in [5.74, 6) is 0. The minimum atomic E-state index is 0.0290. The molecule has 3 rings (SSSR count). The number of para-hydroxylation sites is 1. The molecule has 0 aliphatic heterocycles. The number of nitrogens with zero attached hydrogens (tertiary/aromatic N) is 2. The van der Waals surface area contributed by atoms with Crippen molar-refractivity contribution in [1.82, 2.24) is 9.47 Å². The van der Waals surface area contributed by atoms with Gasteiger partial charge in [0.1, 0.15) is 0 Å². The Kier molecular flexibility index (Phi) is 5.31. The van der Waals surface area contributed by atoms with Crippen LogP contribution in [0, 0.1) is 0 Å². The number of pyridine rings is 1. The van der Waals surface area contributed by atoms with Crippen molar-refractivity contribution in [2.75, 3.05) is 13.7 Å². The summed E-state index contributed by atoms with van der Waals surface area (Å²) in [5.41, 5.74) is 2.88. The molecule has 4 heteroatoms. The lowest BCUT2D eigenvalue weighted by atomic mass is 10.0. The summed E-state index contributed by atoms with van der Waals surface area (Å²) in [6.45, 7) is 0.650. The van der Waals surface area contributed by atoms with Crippen LogP contribution < -0.4 is 5.56 Å². The first-order chi connectivity index (χ1) is 12.1. The van der Waals surface area contributed by atoms with E-state index in [4.69, 9.17) is 0 Å². The molecule has 1 N–H and O–H groups in total. The van der Waals surface area contributed by atoms with Crippen molar-refractivity contribution in [2.45, 2.75) is 19.0 Å².